The van der Waals surface area contributed by atoms with Crippen LogP contribution in [0.25, 0.3) is 11.1 Å². The molecule has 1 heterocycles. The minimum atomic E-state index is 0.481. The van der Waals surface area contributed by atoms with Crippen LogP contribution in [0.3, 0.4) is 0 Å². The summed E-state index contributed by atoms with van der Waals surface area (Å²) in [7, 11) is 0. The van der Waals surface area contributed by atoms with Gasteiger partial charge >= 0.3 is 0 Å². The van der Waals surface area contributed by atoms with Crippen LogP contribution in [-0.2, 0) is 0 Å². The van der Waals surface area contributed by atoms with E-state index in [0.717, 1.165) is 5.92 Å². The summed E-state index contributed by atoms with van der Waals surface area (Å²) in [4.78, 5) is 2.72. The van der Waals surface area contributed by atoms with Crippen molar-refractivity contribution in [1.82, 2.24) is 4.90 Å². The van der Waals surface area contributed by atoms with Crippen LogP contribution >= 0.6 is 0 Å². The second-order valence-electron chi connectivity index (χ2n) is 6.85. The van der Waals surface area contributed by atoms with Gasteiger partial charge in [-0.2, -0.15) is 0 Å². The maximum absolute atomic E-state index is 2.72. The molecule has 1 aliphatic carbocycles. The highest BCUT2D eigenvalue weighted by atomic mass is 15.2. The first-order valence-corrected chi connectivity index (χ1v) is 8.80. The molecule has 0 bridgehead atoms. The van der Waals surface area contributed by atoms with Crippen LogP contribution in [0.1, 0.15) is 49.8 Å². The Labute approximate surface area is 134 Å². The van der Waals surface area contributed by atoms with E-state index in [1.54, 1.807) is 0 Å². The number of piperidine rings is 1. The number of hydrogen-bond acceptors (Lipinski definition) is 1. The van der Waals surface area contributed by atoms with E-state index in [0.29, 0.717) is 6.04 Å². The topological polar surface area (TPSA) is 3.24 Å². The molecule has 114 valence electrons. The van der Waals surface area contributed by atoms with Gasteiger partial charge in [-0.15, -0.1) is 0 Å². The predicted molar refractivity (Wildman–Crippen MR) is 92.9 cm³/mol. The van der Waals surface area contributed by atoms with Crippen molar-refractivity contribution in [1.29, 1.82) is 0 Å². The molecule has 1 aliphatic heterocycles. The Balaban J connectivity index is 1.65. The smallest absolute Gasteiger partial charge is 0.0614 e. The van der Waals surface area contributed by atoms with Gasteiger partial charge in [-0.25, -0.2) is 0 Å². The summed E-state index contributed by atoms with van der Waals surface area (Å²) >= 11 is 0. The van der Waals surface area contributed by atoms with E-state index in [1.807, 2.05) is 0 Å². The monoisotopic (exact) mass is 291 g/mol. The zero-order chi connectivity index (χ0) is 14.9. The Morgan fingerprint density at radius 1 is 0.864 bits per heavy atom. The quantitative estimate of drug-likeness (QED) is 0.744. The molecule has 4 rings (SSSR count). The maximum atomic E-state index is 2.72. The lowest BCUT2D eigenvalue weighted by molar-refractivity contribution is 0.149. The number of fused-ring (bicyclic) bond motifs is 3. The summed E-state index contributed by atoms with van der Waals surface area (Å²) in [5.41, 5.74) is 5.91. The lowest BCUT2D eigenvalue weighted by atomic mass is 9.90. The van der Waals surface area contributed by atoms with E-state index in [1.165, 1.54) is 61.0 Å². The van der Waals surface area contributed by atoms with Crippen LogP contribution in [0.2, 0.25) is 0 Å². The Hall–Kier alpha value is -1.60. The van der Waals surface area contributed by atoms with Gasteiger partial charge in [0, 0.05) is 0 Å². The molecule has 0 atom stereocenters. The summed E-state index contributed by atoms with van der Waals surface area (Å²) in [5, 5.41) is 0. The summed E-state index contributed by atoms with van der Waals surface area (Å²) in [6.45, 7) is 4.81. The minimum absolute atomic E-state index is 0.481. The summed E-state index contributed by atoms with van der Waals surface area (Å²) in [6.07, 6.45) is 5.48. The van der Waals surface area contributed by atoms with E-state index in [2.05, 4.69) is 60.4 Å². The first-order valence-electron chi connectivity index (χ1n) is 8.80. The first kappa shape index (κ1) is 14.0. The highest BCUT2D eigenvalue weighted by molar-refractivity contribution is 5.78. The van der Waals surface area contributed by atoms with Gasteiger partial charge in [0.2, 0.25) is 0 Å². The van der Waals surface area contributed by atoms with Crippen LogP contribution < -0.4 is 0 Å². The highest BCUT2D eigenvalue weighted by Crippen LogP contribution is 2.47. The molecule has 0 amide bonds. The van der Waals surface area contributed by atoms with Crippen molar-refractivity contribution in [3.8, 4) is 11.1 Å². The Kier molecular flexibility index (Phi) is 3.75. The SMILES string of the molecule is CCCC1CCN(C2c3ccccc3-c3ccccc32)CC1. The molecule has 0 saturated carbocycles. The van der Waals surface area contributed by atoms with Crippen molar-refractivity contribution < 1.29 is 0 Å². The molecule has 0 N–H and O–H groups in total. The Bertz CT molecular complexity index is 607. The van der Waals surface area contributed by atoms with Crippen LogP contribution in [-0.4, -0.2) is 18.0 Å². The van der Waals surface area contributed by atoms with Crippen LogP contribution in [0.5, 0.6) is 0 Å². The van der Waals surface area contributed by atoms with Gasteiger partial charge < -0.3 is 0 Å². The van der Waals surface area contributed by atoms with Gasteiger partial charge in [-0.3, -0.25) is 4.90 Å². The number of likely N-dealkylation sites (tertiary alicyclic amines) is 1. The molecule has 1 saturated heterocycles. The first-order chi connectivity index (χ1) is 10.9. The zero-order valence-corrected chi connectivity index (χ0v) is 13.5. The van der Waals surface area contributed by atoms with Crippen molar-refractivity contribution in [3.05, 3.63) is 59.7 Å². The molecule has 1 nitrogen and oxygen atoms in total. The average molecular weight is 291 g/mol. The van der Waals surface area contributed by atoms with Crippen molar-refractivity contribution in [3.63, 3.8) is 0 Å². The van der Waals surface area contributed by atoms with E-state index in [9.17, 15) is 0 Å². The van der Waals surface area contributed by atoms with E-state index < -0.39 is 0 Å². The fourth-order valence-electron chi connectivity index (χ4n) is 4.43. The molecule has 0 radical (unpaired) electrons. The van der Waals surface area contributed by atoms with E-state index in [4.69, 9.17) is 0 Å². The van der Waals surface area contributed by atoms with E-state index >= 15 is 0 Å². The molecular formula is C21H25N. The largest absolute Gasteiger partial charge is 0.292 e. The third-order valence-corrected chi connectivity index (χ3v) is 5.51. The van der Waals surface area contributed by atoms with E-state index in [-0.39, 0.29) is 0 Å². The molecule has 22 heavy (non-hydrogen) atoms. The van der Waals surface area contributed by atoms with Gasteiger partial charge in [0.25, 0.3) is 0 Å². The molecule has 2 aromatic rings. The highest BCUT2D eigenvalue weighted by Gasteiger charge is 2.34. The lowest BCUT2D eigenvalue weighted by Gasteiger charge is -2.37. The van der Waals surface area contributed by atoms with Crippen LogP contribution in [0.15, 0.2) is 48.5 Å². The molecule has 0 unspecified atom stereocenters. The Morgan fingerprint density at radius 2 is 1.41 bits per heavy atom. The van der Waals surface area contributed by atoms with Crippen molar-refractivity contribution in [2.24, 2.45) is 5.92 Å². The predicted octanol–water partition coefficient (Wildman–Crippen LogP) is 5.27. The van der Waals surface area contributed by atoms with Gasteiger partial charge in [0.05, 0.1) is 6.04 Å². The van der Waals surface area contributed by atoms with Crippen molar-refractivity contribution in [2.45, 2.75) is 38.6 Å². The molecule has 2 aliphatic rings. The van der Waals surface area contributed by atoms with Gasteiger partial charge in [0.1, 0.15) is 0 Å². The maximum Gasteiger partial charge on any atom is 0.0614 e. The van der Waals surface area contributed by atoms with Crippen molar-refractivity contribution >= 4 is 0 Å². The van der Waals surface area contributed by atoms with Crippen molar-refractivity contribution in [2.75, 3.05) is 13.1 Å². The van der Waals surface area contributed by atoms with Gasteiger partial charge in [0.15, 0.2) is 0 Å². The van der Waals surface area contributed by atoms with Crippen LogP contribution in [0.4, 0.5) is 0 Å². The zero-order valence-electron chi connectivity index (χ0n) is 13.5. The fourth-order valence-corrected chi connectivity index (χ4v) is 4.43. The van der Waals surface area contributed by atoms with Gasteiger partial charge in [-0.1, -0.05) is 68.3 Å². The number of rotatable bonds is 3. The number of hydrogen-bond donors (Lipinski definition) is 0. The second-order valence-corrected chi connectivity index (χ2v) is 6.85. The standard InChI is InChI=1S/C21H25N/c1-2-7-16-12-14-22(15-13-16)21-19-10-5-3-8-17(19)18-9-4-6-11-20(18)21/h3-6,8-11,16,21H,2,7,12-15H2,1H3. The second kappa shape index (κ2) is 5.89. The summed E-state index contributed by atoms with van der Waals surface area (Å²) in [5.74, 6) is 0.952. The lowest BCUT2D eigenvalue weighted by Crippen LogP contribution is -2.36. The average Bonchev–Trinajstić information content (AvgIpc) is 2.91. The molecule has 1 heteroatoms. The Morgan fingerprint density at radius 3 is 1.95 bits per heavy atom. The normalized spacial score (nSPS) is 19.1. The molecule has 0 spiro atoms. The van der Waals surface area contributed by atoms with Crippen LogP contribution in [0, 0.1) is 5.92 Å². The molecular weight excluding hydrogens is 266 g/mol. The molecule has 1 fully saturated rings. The van der Waals surface area contributed by atoms with Gasteiger partial charge in [-0.05, 0) is 54.1 Å². The molecule has 0 aromatic heterocycles. The molecule has 2 aromatic carbocycles. The summed E-state index contributed by atoms with van der Waals surface area (Å²) in [6, 6.07) is 18.5. The number of nitrogens with zero attached hydrogens (tertiary/aromatic N) is 1. The summed E-state index contributed by atoms with van der Waals surface area (Å²) < 4.78 is 0. The third-order valence-electron chi connectivity index (χ3n) is 5.51. The number of benzene rings is 2. The minimum Gasteiger partial charge on any atom is -0.292 e. The fraction of sp³-hybridized carbons (Fsp3) is 0.429. The third kappa shape index (κ3) is 2.28.